The van der Waals surface area contributed by atoms with Crippen LogP contribution in [0.4, 0.5) is 8.78 Å². The number of nitrogens with two attached hydrogens (primary N) is 1. The topological polar surface area (TPSA) is 72.2 Å². The lowest BCUT2D eigenvalue weighted by molar-refractivity contribution is 0.373. The predicted octanol–water partition coefficient (Wildman–Crippen LogP) is 1.37. The third kappa shape index (κ3) is 2.93. The van der Waals surface area contributed by atoms with E-state index in [1.165, 1.54) is 0 Å². The molecule has 106 valence electrons. The van der Waals surface area contributed by atoms with Crippen LogP contribution in [-0.4, -0.2) is 20.5 Å². The number of rotatable bonds is 5. The fourth-order valence-electron chi connectivity index (χ4n) is 2.06. The third-order valence-corrected chi connectivity index (χ3v) is 5.08. The highest BCUT2D eigenvalue weighted by Gasteiger charge is 2.43. The van der Waals surface area contributed by atoms with Gasteiger partial charge in [-0.1, -0.05) is 0 Å². The number of hydrogen-bond acceptors (Lipinski definition) is 3. The van der Waals surface area contributed by atoms with Gasteiger partial charge < -0.3 is 5.73 Å². The Labute approximate surface area is 111 Å². The maximum atomic E-state index is 13.5. The first-order valence-corrected chi connectivity index (χ1v) is 7.46. The molecule has 0 aliphatic heterocycles. The Bertz CT molecular complexity index is 587. The molecule has 0 saturated heterocycles. The maximum absolute atomic E-state index is 13.5. The van der Waals surface area contributed by atoms with E-state index < -0.39 is 32.1 Å². The van der Waals surface area contributed by atoms with E-state index >= 15 is 0 Å². The van der Waals surface area contributed by atoms with E-state index in [1.807, 2.05) is 0 Å². The van der Waals surface area contributed by atoms with Gasteiger partial charge in [0.15, 0.2) is 0 Å². The summed E-state index contributed by atoms with van der Waals surface area (Å²) in [7, 11) is -4.13. The minimum atomic E-state index is -4.13. The highest BCUT2D eigenvalue weighted by atomic mass is 32.2. The zero-order chi connectivity index (χ0) is 14.3. The van der Waals surface area contributed by atoms with Gasteiger partial charge in [-0.05, 0) is 43.9 Å². The molecule has 7 heteroatoms. The molecule has 0 spiro atoms. The zero-order valence-electron chi connectivity index (χ0n) is 10.5. The van der Waals surface area contributed by atoms with Gasteiger partial charge in [-0.3, -0.25) is 0 Å². The van der Waals surface area contributed by atoms with Crippen LogP contribution in [0, 0.1) is 17.6 Å². The monoisotopic (exact) mass is 290 g/mol. The Balaban J connectivity index is 2.34. The molecular formula is C12H16F2N2O2S. The smallest absolute Gasteiger partial charge is 0.244 e. The first-order valence-electron chi connectivity index (χ1n) is 5.97. The minimum Gasteiger partial charge on any atom is -0.329 e. The normalized spacial score (nSPS) is 19.2. The minimum absolute atomic E-state index is 0.105. The van der Waals surface area contributed by atoms with E-state index in [9.17, 15) is 17.2 Å². The Morgan fingerprint density at radius 2 is 2.05 bits per heavy atom. The second-order valence-corrected chi connectivity index (χ2v) is 6.73. The van der Waals surface area contributed by atoms with Crippen LogP contribution in [0.15, 0.2) is 23.1 Å². The van der Waals surface area contributed by atoms with Gasteiger partial charge in [0.05, 0.1) is 0 Å². The van der Waals surface area contributed by atoms with Crippen LogP contribution in [0.1, 0.15) is 19.8 Å². The van der Waals surface area contributed by atoms with Crippen LogP contribution in [0.5, 0.6) is 0 Å². The summed E-state index contributed by atoms with van der Waals surface area (Å²) in [6.07, 6.45) is 1.75. The van der Waals surface area contributed by atoms with Crippen molar-refractivity contribution in [1.82, 2.24) is 4.72 Å². The first-order chi connectivity index (χ1) is 8.78. The van der Waals surface area contributed by atoms with Gasteiger partial charge in [-0.2, -0.15) is 0 Å². The van der Waals surface area contributed by atoms with Gasteiger partial charge in [-0.15, -0.1) is 0 Å². The van der Waals surface area contributed by atoms with Gasteiger partial charge in [0.25, 0.3) is 0 Å². The van der Waals surface area contributed by atoms with E-state index in [1.54, 1.807) is 6.92 Å². The molecule has 1 unspecified atom stereocenters. The summed E-state index contributed by atoms with van der Waals surface area (Å²) < 4.78 is 53.3. The molecule has 1 atom stereocenters. The van der Waals surface area contributed by atoms with Crippen molar-refractivity contribution in [2.45, 2.75) is 30.2 Å². The van der Waals surface area contributed by atoms with Gasteiger partial charge in [0.2, 0.25) is 10.0 Å². The summed E-state index contributed by atoms with van der Waals surface area (Å²) in [6, 6.07) is 2.33. The van der Waals surface area contributed by atoms with Crippen LogP contribution in [0.25, 0.3) is 0 Å². The molecule has 2 rings (SSSR count). The first kappa shape index (κ1) is 14.4. The van der Waals surface area contributed by atoms with Crippen molar-refractivity contribution < 1.29 is 17.2 Å². The number of benzene rings is 1. The third-order valence-electron chi connectivity index (χ3n) is 3.45. The van der Waals surface area contributed by atoms with Crippen LogP contribution < -0.4 is 10.5 Å². The van der Waals surface area contributed by atoms with Crippen molar-refractivity contribution in [3.63, 3.8) is 0 Å². The highest BCUT2D eigenvalue weighted by Crippen LogP contribution is 2.39. The fraction of sp³-hybridized carbons (Fsp3) is 0.500. The molecule has 1 fully saturated rings. The van der Waals surface area contributed by atoms with Crippen molar-refractivity contribution in [1.29, 1.82) is 0 Å². The summed E-state index contributed by atoms with van der Waals surface area (Å²) in [4.78, 5) is -0.687. The standard InChI is InChI=1S/C12H16F2N2O2S/c1-12(7-15,8-2-3-8)16-19(17,18)11-6-9(13)4-5-10(11)14/h4-6,8,16H,2-3,7,15H2,1H3. The molecule has 4 nitrogen and oxygen atoms in total. The average molecular weight is 290 g/mol. The molecule has 19 heavy (non-hydrogen) atoms. The largest absolute Gasteiger partial charge is 0.329 e. The van der Waals surface area contributed by atoms with Crippen LogP contribution in [0.2, 0.25) is 0 Å². The Kier molecular flexibility index (Phi) is 3.63. The van der Waals surface area contributed by atoms with E-state index in [0.29, 0.717) is 6.07 Å². The highest BCUT2D eigenvalue weighted by molar-refractivity contribution is 7.89. The Morgan fingerprint density at radius 1 is 1.42 bits per heavy atom. The van der Waals surface area contributed by atoms with Gasteiger partial charge >= 0.3 is 0 Å². The molecule has 1 saturated carbocycles. The van der Waals surface area contributed by atoms with Crippen molar-refractivity contribution in [2.24, 2.45) is 11.7 Å². The molecule has 1 aliphatic carbocycles. The average Bonchev–Trinajstić information content (AvgIpc) is 3.15. The van der Waals surface area contributed by atoms with Gasteiger partial charge in [-0.25, -0.2) is 21.9 Å². The van der Waals surface area contributed by atoms with Gasteiger partial charge in [0, 0.05) is 12.1 Å². The SMILES string of the molecule is CC(CN)(NS(=O)(=O)c1cc(F)ccc1F)C1CC1. The molecule has 1 aliphatic rings. The van der Waals surface area contributed by atoms with Crippen molar-refractivity contribution >= 4 is 10.0 Å². The van der Waals surface area contributed by atoms with Crippen LogP contribution in [0.3, 0.4) is 0 Å². The Hall–Kier alpha value is -1.05. The van der Waals surface area contributed by atoms with Crippen LogP contribution >= 0.6 is 0 Å². The summed E-state index contributed by atoms with van der Waals surface area (Å²) in [5, 5.41) is 0. The molecule has 1 aromatic rings. The molecule has 0 aromatic heterocycles. The van der Waals surface area contributed by atoms with E-state index in [2.05, 4.69) is 4.72 Å². The second kappa shape index (κ2) is 4.81. The molecule has 0 heterocycles. The van der Waals surface area contributed by atoms with Crippen molar-refractivity contribution in [3.05, 3.63) is 29.8 Å². The molecule has 3 N–H and O–H groups in total. The molecular weight excluding hydrogens is 274 g/mol. The van der Waals surface area contributed by atoms with E-state index in [4.69, 9.17) is 5.73 Å². The van der Waals surface area contributed by atoms with Gasteiger partial charge in [0.1, 0.15) is 16.5 Å². The molecule has 0 radical (unpaired) electrons. The second-order valence-electron chi connectivity index (χ2n) is 5.08. The molecule has 0 amide bonds. The van der Waals surface area contributed by atoms with E-state index in [-0.39, 0.29) is 12.5 Å². The lowest BCUT2D eigenvalue weighted by atomic mass is 9.98. The summed E-state index contributed by atoms with van der Waals surface area (Å²) >= 11 is 0. The maximum Gasteiger partial charge on any atom is 0.244 e. The summed E-state index contributed by atoms with van der Waals surface area (Å²) in [5.41, 5.74) is 4.78. The van der Waals surface area contributed by atoms with Crippen molar-refractivity contribution in [3.8, 4) is 0 Å². The summed E-state index contributed by atoms with van der Waals surface area (Å²) in [5.74, 6) is -1.64. The Morgan fingerprint density at radius 3 is 2.58 bits per heavy atom. The predicted molar refractivity (Wildman–Crippen MR) is 66.9 cm³/mol. The summed E-state index contributed by atoms with van der Waals surface area (Å²) in [6.45, 7) is 1.78. The zero-order valence-corrected chi connectivity index (χ0v) is 11.3. The number of halogens is 2. The lowest BCUT2D eigenvalue weighted by Crippen LogP contribution is -2.53. The molecule has 0 bridgehead atoms. The quantitative estimate of drug-likeness (QED) is 0.860. The molecule has 1 aromatic carbocycles. The lowest BCUT2D eigenvalue weighted by Gasteiger charge is -2.29. The number of hydrogen-bond donors (Lipinski definition) is 2. The number of sulfonamides is 1. The van der Waals surface area contributed by atoms with E-state index in [0.717, 1.165) is 25.0 Å². The van der Waals surface area contributed by atoms with Crippen LogP contribution in [-0.2, 0) is 10.0 Å². The van der Waals surface area contributed by atoms with Crippen molar-refractivity contribution in [2.75, 3.05) is 6.54 Å². The fourth-order valence-corrected chi connectivity index (χ4v) is 3.62. The number of nitrogens with one attached hydrogen (secondary N) is 1.